The Bertz CT molecular complexity index is 757. The molecule has 27 heavy (non-hydrogen) atoms. The fourth-order valence-electron chi connectivity index (χ4n) is 2.89. The summed E-state index contributed by atoms with van der Waals surface area (Å²) in [4.78, 5) is 24.9. The molecule has 1 saturated heterocycles. The van der Waals surface area contributed by atoms with Crippen molar-refractivity contribution in [3.05, 3.63) is 36.5 Å². The van der Waals surface area contributed by atoms with Crippen LogP contribution in [0.3, 0.4) is 0 Å². The lowest BCUT2D eigenvalue weighted by Crippen LogP contribution is -2.50. The van der Waals surface area contributed by atoms with Crippen LogP contribution in [0.1, 0.15) is 26.6 Å². The van der Waals surface area contributed by atoms with E-state index in [9.17, 15) is 4.79 Å². The molecule has 2 aromatic heterocycles. The number of pyridine rings is 1. The van der Waals surface area contributed by atoms with Gasteiger partial charge in [-0.05, 0) is 32.9 Å². The van der Waals surface area contributed by atoms with E-state index in [1.54, 1.807) is 11.1 Å². The van der Waals surface area contributed by atoms with E-state index in [-0.39, 0.29) is 6.09 Å². The average molecular weight is 372 g/mol. The van der Waals surface area contributed by atoms with Gasteiger partial charge >= 0.3 is 6.09 Å². The number of hydrogen-bond donors (Lipinski definition) is 1. The predicted octanol–water partition coefficient (Wildman–Crippen LogP) is 2.48. The number of piperazine rings is 1. The van der Waals surface area contributed by atoms with E-state index >= 15 is 0 Å². The molecule has 146 valence electrons. The third kappa shape index (κ3) is 5.12. The third-order valence-electron chi connectivity index (χ3n) is 4.39. The topological polar surface area (TPSA) is 75.5 Å². The molecule has 0 atom stereocenters. The second kappa shape index (κ2) is 7.85. The molecule has 1 fully saturated rings. The number of amides is 1. The average Bonchev–Trinajstić information content (AvgIpc) is 3.04. The highest BCUT2D eigenvalue weighted by molar-refractivity contribution is 5.68. The maximum atomic E-state index is 12.2. The van der Waals surface area contributed by atoms with Gasteiger partial charge in [0.25, 0.3) is 0 Å². The summed E-state index contributed by atoms with van der Waals surface area (Å²) in [6, 6.07) is 4.02. The summed E-state index contributed by atoms with van der Waals surface area (Å²) in [5, 5.41) is 3.28. The van der Waals surface area contributed by atoms with Crippen LogP contribution in [-0.4, -0.2) is 57.3 Å². The van der Waals surface area contributed by atoms with E-state index in [4.69, 9.17) is 4.74 Å². The van der Waals surface area contributed by atoms with Crippen molar-refractivity contribution in [1.29, 1.82) is 0 Å². The number of nitrogens with one attached hydrogen (secondary N) is 1. The van der Waals surface area contributed by atoms with Crippen LogP contribution in [-0.2, 0) is 18.3 Å². The minimum atomic E-state index is -0.462. The number of hydrogen-bond acceptors (Lipinski definition) is 6. The molecule has 1 amide bonds. The van der Waals surface area contributed by atoms with Gasteiger partial charge in [-0.1, -0.05) is 0 Å². The summed E-state index contributed by atoms with van der Waals surface area (Å²) in [5.41, 5.74) is 0.594. The normalized spacial score (nSPS) is 15.0. The summed E-state index contributed by atoms with van der Waals surface area (Å²) in [6.45, 7) is 9.11. The molecule has 1 aliphatic heterocycles. The molecule has 0 radical (unpaired) electrons. The van der Waals surface area contributed by atoms with Crippen LogP contribution in [0.25, 0.3) is 0 Å². The lowest BCUT2D eigenvalue weighted by atomic mass is 10.2. The van der Waals surface area contributed by atoms with Gasteiger partial charge in [0.1, 0.15) is 17.2 Å². The Labute approximate surface area is 160 Å². The molecule has 0 unspecified atom stereocenters. The van der Waals surface area contributed by atoms with Crippen LogP contribution < -0.4 is 10.2 Å². The molecule has 8 heteroatoms. The third-order valence-corrected chi connectivity index (χ3v) is 4.39. The highest BCUT2D eigenvalue weighted by Crippen LogP contribution is 2.19. The van der Waals surface area contributed by atoms with Gasteiger partial charge in [-0.15, -0.1) is 0 Å². The summed E-state index contributed by atoms with van der Waals surface area (Å²) in [6.07, 6.45) is 5.33. The van der Waals surface area contributed by atoms with E-state index < -0.39 is 5.60 Å². The first-order valence-electron chi connectivity index (χ1n) is 9.21. The molecular weight excluding hydrogens is 344 g/mol. The van der Waals surface area contributed by atoms with Gasteiger partial charge in [0.2, 0.25) is 0 Å². The number of carbonyl (C=O) groups is 1. The number of ether oxygens (including phenoxy) is 1. The first-order chi connectivity index (χ1) is 12.8. The SMILES string of the molecule is Cn1ccnc1CNc1ccc(N2CCN(C(=O)OC(C)(C)C)CC2)cn1. The molecule has 1 N–H and O–H groups in total. The highest BCUT2D eigenvalue weighted by Gasteiger charge is 2.26. The molecule has 0 saturated carbocycles. The summed E-state index contributed by atoms with van der Waals surface area (Å²) in [7, 11) is 1.97. The Kier molecular flexibility index (Phi) is 5.53. The Balaban J connectivity index is 1.50. The fraction of sp³-hybridized carbons (Fsp3) is 0.526. The quantitative estimate of drug-likeness (QED) is 0.889. The molecule has 0 bridgehead atoms. The van der Waals surface area contributed by atoms with E-state index in [0.29, 0.717) is 19.6 Å². The largest absolute Gasteiger partial charge is 0.444 e. The number of aryl methyl sites for hydroxylation is 1. The number of aromatic nitrogens is 3. The predicted molar refractivity (Wildman–Crippen MR) is 105 cm³/mol. The van der Waals surface area contributed by atoms with E-state index in [1.807, 2.05) is 50.8 Å². The standard InChI is InChI=1S/C19H28N6O2/c1-19(2,3)27-18(26)25-11-9-24(10-12-25)15-5-6-16(21-13-15)22-14-17-20-7-8-23(17)4/h5-8,13H,9-12,14H2,1-4H3,(H,21,22). The molecule has 0 aliphatic carbocycles. The molecule has 8 nitrogen and oxygen atoms in total. The van der Waals surface area contributed by atoms with E-state index in [0.717, 1.165) is 30.4 Å². The van der Waals surface area contributed by atoms with Crippen molar-refractivity contribution in [3.8, 4) is 0 Å². The minimum absolute atomic E-state index is 0.242. The van der Waals surface area contributed by atoms with Gasteiger partial charge in [0, 0.05) is 45.6 Å². The van der Waals surface area contributed by atoms with Gasteiger partial charge in [-0.2, -0.15) is 0 Å². The Hall–Kier alpha value is -2.77. The van der Waals surface area contributed by atoms with Crippen molar-refractivity contribution >= 4 is 17.6 Å². The fourth-order valence-corrected chi connectivity index (χ4v) is 2.89. The zero-order chi connectivity index (χ0) is 19.4. The number of rotatable bonds is 4. The monoisotopic (exact) mass is 372 g/mol. The van der Waals surface area contributed by atoms with Crippen LogP contribution in [0.5, 0.6) is 0 Å². The van der Waals surface area contributed by atoms with Gasteiger partial charge in [0.05, 0.1) is 18.4 Å². The van der Waals surface area contributed by atoms with Crippen molar-refractivity contribution in [2.45, 2.75) is 32.9 Å². The lowest BCUT2D eigenvalue weighted by Gasteiger charge is -2.36. The van der Waals surface area contributed by atoms with Gasteiger partial charge in [-0.25, -0.2) is 14.8 Å². The highest BCUT2D eigenvalue weighted by atomic mass is 16.6. The second-order valence-corrected chi connectivity index (χ2v) is 7.66. The molecule has 3 rings (SSSR count). The Morgan fingerprint density at radius 2 is 1.93 bits per heavy atom. The van der Waals surface area contributed by atoms with Gasteiger partial charge in [-0.3, -0.25) is 0 Å². The minimum Gasteiger partial charge on any atom is -0.444 e. The van der Waals surface area contributed by atoms with Crippen LogP contribution in [0, 0.1) is 0 Å². The number of carbonyl (C=O) groups excluding carboxylic acids is 1. The first kappa shape index (κ1) is 19.0. The van der Waals surface area contributed by atoms with Crippen molar-refractivity contribution in [2.24, 2.45) is 7.05 Å². The maximum Gasteiger partial charge on any atom is 0.410 e. The van der Waals surface area contributed by atoms with Crippen LogP contribution in [0.4, 0.5) is 16.3 Å². The number of nitrogens with zero attached hydrogens (tertiary/aromatic N) is 5. The van der Waals surface area contributed by atoms with Crippen LogP contribution >= 0.6 is 0 Å². The second-order valence-electron chi connectivity index (χ2n) is 7.66. The molecule has 2 aromatic rings. The van der Waals surface area contributed by atoms with Crippen molar-refractivity contribution in [3.63, 3.8) is 0 Å². The Morgan fingerprint density at radius 3 is 2.48 bits per heavy atom. The molecule has 0 spiro atoms. The number of imidazole rings is 1. The van der Waals surface area contributed by atoms with Crippen LogP contribution in [0.15, 0.2) is 30.7 Å². The zero-order valence-electron chi connectivity index (χ0n) is 16.5. The summed E-state index contributed by atoms with van der Waals surface area (Å²) in [5.74, 6) is 1.77. The van der Waals surface area contributed by atoms with Crippen molar-refractivity contribution in [1.82, 2.24) is 19.4 Å². The maximum absolute atomic E-state index is 12.2. The molecular formula is C19H28N6O2. The smallest absolute Gasteiger partial charge is 0.410 e. The summed E-state index contributed by atoms with van der Waals surface area (Å²) >= 11 is 0. The lowest BCUT2D eigenvalue weighted by molar-refractivity contribution is 0.0240. The Morgan fingerprint density at radius 1 is 1.19 bits per heavy atom. The first-order valence-corrected chi connectivity index (χ1v) is 9.21. The van der Waals surface area contributed by atoms with Crippen LogP contribution in [0.2, 0.25) is 0 Å². The van der Waals surface area contributed by atoms with E-state index in [2.05, 4.69) is 26.3 Å². The number of anilines is 2. The van der Waals surface area contributed by atoms with Gasteiger partial charge < -0.3 is 24.4 Å². The summed E-state index contributed by atoms with van der Waals surface area (Å²) < 4.78 is 7.42. The van der Waals surface area contributed by atoms with Crippen molar-refractivity contribution < 1.29 is 9.53 Å². The van der Waals surface area contributed by atoms with Gasteiger partial charge in [0.15, 0.2) is 0 Å². The molecule has 0 aromatic carbocycles. The molecule has 3 heterocycles. The molecule has 1 aliphatic rings. The van der Waals surface area contributed by atoms with E-state index in [1.165, 1.54) is 0 Å². The van der Waals surface area contributed by atoms with Crippen molar-refractivity contribution in [2.75, 3.05) is 36.4 Å². The zero-order valence-corrected chi connectivity index (χ0v) is 16.5.